The molecule has 136 valence electrons. The van der Waals surface area contributed by atoms with E-state index < -0.39 is 0 Å². The smallest absolute Gasteiger partial charge is 0.179 e. The lowest BCUT2D eigenvalue weighted by molar-refractivity contribution is 0.353. The van der Waals surface area contributed by atoms with Crippen LogP contribution in [0.5, 0.6) is 11.5 Å². The molecule has 0 unspecified atom stereocenters. The summed E-state index contributed by atoms with van der Waals surface area (Å²) in [5.74, 6) is 2.80. The maximum absolute atomic E-state index is 5.38. The van der Waals surface area contributed by atoms with Crippen molar-refractivity contribution in [2.24, 2.45) is 0 Å². The Labute approximate surface area is 157 Å². The number of ether oxygens (including phenoxy) is 2. The Kier molecular flexibility index (Phi) is 5.68. The van der Waals surface area contributed by atoms with Crippen molar-refractivity contribution in [2.75, 3.05) is 33.2 Å². The van der Waals surface area contributed by atoms with Crippen LogP contribution in [0.4, 0.5) is 5.69 Å². The summed E-state index contributed by atoms with van der Waals surface area (Å²) in [7, 11) is 7.32. The Hall–Kier alpha value is -2.67. The van der Waals surface area contributed by atoms with Gasteiger partial charge in [0, 0.05) is 44.0 Å². The molecular weight excluding hydrogens is 348 g/mol. The molecule has 0 atom stereocenters. The van der Waals surface area contributed by atoms with Gasteiger partial charge in [-0.25, -0.2) is 9.97 Å². The molecule has 0 radical (unpaired) electrons. The number of hydrogen-bond donors (Lipinski definition) is 0. The van der Waals surface area contributed by atoms with Crippen molar-refractivity contribution in [3.05, 3.63) is 54.5 Å². The quantitative estimate of drug-likeness (QED) is 0.592. The van der Waals surface area contributed by atoms with Gasteiger partial charge >= 0.3 is 0 Å². The Bertz CT molecular complexity index is 879. The van der Waals surface area contributed by atoms with Crippen LogP contribution >= 0.6 is 11.8 Å². The molecule has 0 aliphatic carbocycles. The number of thioether (sulfide) groups is 1. The van der Waals surface area contributed by atoms with Gasteiger partial charge in [0.15, 0.2) is 16.7 Å². The van der Waals surface area contributed by atoms with Crippen molar-refractivity contribution < 1.29 is 9.47 Å². The van der Waals surface area contributed by atoms with Crippen molar-refractivity contribution >= 4 is 17.4 Å². The van der Waals surface area contributed by atoms with Crippen LogP contribution < -0.4 is 14.4 Å². The molecule has 2 heterocycles. The molecule has 0 saturated heterocycles. The first-order chi connectivity index (χ1) is 12.6. The highest BCUT2D eigenvalue weighted by molar-refractivity contribution is 7.98. The molecule has 0 fully saturated rings. The molecule has 7 heteroatoms. The van der Waals surface area contributed by atoms with Crippen LogP contribution in [0.1, 0.15) is 5.56 Å². The average molecular weight is 370 g/mol. The number of aromatic nitrogens is 3. The number of anilines is 1. The van der Waals surface area contributed by atoms with E-state index in [1.807, 2.05) is 16.8 Å². The minimum absolute atomic E-state index is 0.602. The third-order valence-electron chi connectivity index (χ3n) is 3.94. The summed E-state index contributed by atoms with van der Waals surface area (Å²) in [5.41, 5.74) is 2.47. The molecule has 0 aliphatic heterocycles. The predicted molar refractivity (Wildman–Crippen MR) is 105 cm³/mol. The molecule has 0 aliphatic rings. The van der Waals surface area contributed by atoms with Crippen LogP contribution in [0.15, 0.2) is 54.1 Å². The normalized spacial score (nSPS) is 10.6. The van der Waals surface area contributed by atoms with Crippen LogP contribution in [-0.4, -0.2) is 42.8 Å². The number of rotatable bonds is 7. The van der Waals surface area contributed by atoms with Gasteiger partial charge in [-0.05, 0) is 11.6 Å². The summed E-state index contributed by atoms with van der Waals surface area (Å²) in [6.07, 6.45) is 5.33. The Balaban J connectivity index is 1.84. The van der Waals surface area contributed by atoms with Gasteiger partial charge in [-0.15, -0.1) is 0 Å². The fraction of sp³-hybridized carbons (Fsp3) is 0.263. The van der Waals surface area contributed by atoms with E-state index in [9.17, 15) is 0 Å². The van der Waals surface area contributed by atoms with E-state index >= 15 is 0 Å². The zero-order valence-electron chi connectivity index (χ0n) is 15.3. The molecule has 0 spiro atoms. The van der Waals surface area contributed by atoms with Crippen LogP contribution in [0.25, 0.3) is 5.82 Å². The van der Waals surface area contributed by atoms with Crippen molar-refractivity contribution in [1.29, 1.82) is 0 Å². The highest BCUT2D eigenvalue weighted by Crippen LogP contribution is 2.31. The zero-order chi connectivity index (χ0) is 18.5. The van der Waals surface area contributed by atoms with Crippen LogP contribution in [0.2, 0.25) is 0 Å². The molecule has 0 N–H and O–H groups in total. The Morgan fingerprint density at radius 2 is 1.85 bits per heavy atom. The zero-order valence-corrected chi connectivity index (χ0v) is 16.2. The second-order valence-corrected chi connectivity index (χ2v) is 6.73. The second kappa shape index (κ2) is 8.14. The van der Waals surface area contributed by atoms with Gasteiger partial charge in [0.1, 0.15) is 5.82 Å². The van der Waals surface area contributed by atoms with Crippen LogP contribution in [0.3, 0.4) is 0 Å². The summed E-state index contributed by atoms with van der Waals surface area (Å²) >= 11 is 1.67. The molecule has 3 aromatic rings. The number of benzene rings is 1. The number of para-hydroxylation sites is 1. The largest absolute Gasteiger partial charge is 0.493 e. The van der Waals surface area contributed by atoms with Gasteiger partial charge < -0.3 is 14.4 Å². The molecule has 0 saturated carbocycles. The van der Waals surface area contributed by atoms with E-state index in [2.05, 4.69) is 53.2 Å². The van der Waals surface area contributed by atoms with Gasteiger partial charge in [0.25, 0.3) is 0 Å². The van der Waals surface area contributed by atoms with E-state index in [1.54, 1.807) is 38.4 Å². The van der Waals surface area contributed by atoms with E-state index in [-0.39, 0.29) is 0 Å². The third kappa shape index (κ3) is 3.77. The maximum Gasteiger partial charge on any atom is 0.179 e. The minimum Gasteiger partial charge on any atom is -0.493 e. The average Bonchev–Trinajstić information content (AvgIpc) is 3.14. The van der Waals surface area contributed by atoms with Crippen molar-refractivity contribution in [2.45, 2.75) is 10.9 Å². The molecule has 26 heavy (non-hydrogen) atoms. The lowest BCUT2D eigenvalue weighted by Crippen LogP contribution is -2.10. The fourth-order valence-corrected chi connectivity index (χ4v) is 3.60. The third-order valence-corrected chi connectivity index (χ3v) is 4.96. The van der Waals surface area contributed by atoms with Gasteiger partial charge in [-0.1, -0.05) is 30.0 Å². The molecule has 0 bridgehead atoms. The lowest BCUT2D eigenvalue weighted by Gasteiger charge is -2.17. The van der Waals surface area contributed by atoms with Crippen molar-refractivity contribution in [3.8, 4) is 17.3 Å². The number of pyridine rings is 1. The number of hydrogen-bond acceptors (Lipinski definition) is 6. The van der Waals surface area contributed by atoms with E-state index in [4.69, 9.17) is 9.47 Å². The Morgan fingerprint density at radius 3 is 2.58 bits per heavy atom. The summed E-state index contributed by atoms with van der Waals surface area (Å²) in [6.45, 7) is 0. The molecular formula is C19H22N4O2S. The summed E-state index contributed by atoms with van der Waals surface area (Å²) < 4.78 is 12.6. The number of methoxy groups -OCH3 is 2. The first-order valence-electron chi connectivity index (χ1n) is 8.13. The van der Waals surface area contributed by atoms with Crippen LogP contribution in [-0.2, 0) is 5.75 Å². The molecule has 6 nitrogen and oxygen atoms in total. The molecule has 1 aromatic carbocycles. The first kappa shape index (κ1) is 18.1. The highest BCUT2D eigenvalue weighted by Gasteiger charge is 2.12. The topological polar surface area (TPSA) is 52.4 Å². The fourth-order valence-electron chi connectivity index (χ4n) is 2.64. The molecule has 0 amide bonds. The monoisotopic (exact) mass is 370 g/mol. The minimum atomic E-state index is 0.602. The Morgan fingerprint density at radius 1 is 1.08 bits per heavy atom. The van der Waals surface area contributed by atoms with E-state index in [0.29, 0.717) is 11.5 Å². The summed E-state index contributed by atoms with van der Waals surface area (Å²) in [6, 6.07) is 10.2. The first-order valence-corrected chi connectivity index (χ1v) is 9.12. The summed E-state index contributed by atoms with van der Waals surface area (Å²) in [4.78, 5) is 11.1. The molecule has 2 aromatic heterocycles. The second-order valence-electron chi connectivity index (χ2n) is 5.79. The number of nitrogens with zero attached hydrogens (tertiary/aromatic N) is 4. The maximum atomic E-state index is 5.38. The number of imidazole rings is 1. The summed E-state index contributed by atoms with van der Waals surface area (Å²) in [5, 5.41) is 0.873. The van der Waals surface area contributed by atoms with Gasteiger partial charge in [0.05, 0.1) is 20.4 Å². The predicted octanol–water partition coefficient (Wildman–Crippen LogP) is 3.64. The van der Waals surface area contributed by atoms with Crippen molar-refractivity contribution in [1.82, 2.24) is 14.5 Å². The lowest BCUT2D eigenvalue weighted by atomic mass is 10.2. The van der Waals surface area contributed by atoms with Crippen molar-refractivity contribution in [3.63, 3.8) is 0 Å². The van der Waals surface area contributed by atoms with Crippen LogP contribution in [0, 0.1) is 0 Å². The highest BCUT2D eigenvalue weighted by atomic mass is 32.2. The van der Waals surface area contributed by atoms with Gasteiger partial charge in [-0.3, -0.25) is 4.57 Å². The molecule has 3 rings (SSSR count). The standard InChI is InChI=1S/C19H22N4O2S/c1-22(2)15-8-6-5-7-14(15)13-26-19-20-9-10-23(19)18-11-16(24-3)17(25-4)12-21-18/h5-12H,13H2,1-4H3. The SMILES string of the molecule is COc1cnc(-n2ccnc2SCc2ccccc2N(C)C)cc1OC. The van der Waals surface area contributed by atoms with Gasteiger partial charge in [-0.2, -0.15) is 0 Å². The van der Waals surface area contributed by atoms with E-state index in [1.165, 1.54) is 11.3 Å². The van der Waals surface area contributed by atoms with E-state index in [0.717, 1.165) is 16.7 Å². The van der Waals surface area contributed by atoms with Gasteiger partial charge in [0.2, 0.25) is 0 Å².